The summed E-state index contributed by atoms with van der Waals surface area (Å²) in [7, 11) is 3.30. The lowest BCUT2D eigenvalue weighted by atomic mass is 10.2. The summed E-state index contributed by atoms with van der Waals surface area (Å²) in [6.45, 7) is 4.93. The molecule has 7 nitrogen and oxygen atoms in total. The number of aliphatic imine (C=N–C) groups is 1. The average Bonchev–Trinajstić information content (AvgIpc) is 2.71. The smallest absolute Gasteiger partial charge is 0.218 e. The van der Waals surface area contributed by atoms with Gasteiger partial charge >= 0.3 is 0 Å². The Labute approximate surface area is 183 Å². The van der Waals surface area contributed by atoms with Crippen LogP contribution < -0.4 is 20.1 Å². The van der Waals surface area contributed by atoms with Crippen LogP contribution in [-0.4, -0.2) is 44.9 Å². The van der Waals surface area contributed by atoms with Crippen LogP contribution in [0.25, 0.3) is 0 Å². The van der Waals surface area contributed by atoms with E-state index < -0.39 is 0 Å². The summed E-state index contributed by atoms with van der Waals surface area (Å²) in [6, 6.07) is 11.8. The molecule has 0 radical (unpaired) electrons. The van der Waals surface area contributed by atoms with E-state index in [0.717, 1.165) is 29.4 Å². The minimum Gasteiger partial charge on any atom is -0.497 e. The van der Waals surface area contributed by atoms with Crippen LogP contribution in [0.3, 0.4) is 0 Å². The molecule has 0 spiro atoms. The van der Waals surface area contributed by atoms with Crippen molar-refractivity contribution in [1.82, 2.24) is 15.6 Å². The highest BCUT2D eigenvalue weighted by Gasteiger charge is 2.06. The molecule has 0 aliphatic rings. The first-order valence-electron chi connectivity index (χ1n) is 8.97. The zero-order valence-corrected chi connectivity index (χ0v) is 18.9. The molecular weight excluding hydrogens is 471 g/mol. The van der Waals surface area contributed by atoms with Crippen molar-refractivity contribution in [1.29, 1.82) is 0 Å². The second kappa shape index (κ2) is 14.0. The maximum atomic E-state index is 5.67. The lowest BCUT2D eigenvalue weighted by molar-refractivity contribution is 0.143. The average molecular weight is 500 g/mol. The van der Waals surface area contributed by atoms with Crippen molar-refractivity contribution in [2.75, 3.05) is 34.0 Å². The quantitative estimate of drug-likeness (QED) is 0.226. The van der Waals surface area contributed by atoms with Crippen molar-refractivity contribution in [3.63, 3.8) is 0 Å². The van der Waals surface area contributed by atoms with E-state index in [4.69, 9.17) is 14.2 Å². The van der Waals surface area contributed by atoms with Crippen LogP contribution in [0.4, 0.5) is 0 Å². The molecule has 8 heteroatoms. The van der Waals surface area contributed by atoms with Gasteiger partial charge in [-0.1, -0.05) is 18.2 Å². The molecule has 0 saturated heterocycles. The van der Waals surface area contributed by atoms with Gasteiger partial charge in [0.05, 0.1) is 20.3 Å². The lowest BCUT2D eigenvalue weighted by Gasteiger charge is -2.14. The Bertz CT molecular complexity index is 711. The molecule has 154 valence electrons. The standard InChI is InChI=1S/C20H28N4O3.HI/c1-4-21-20(23-14-16-7-9-18(26-3)10-8-16)24-15-17-6-5-11-22-19(17)27-13-12-25-2;/h5-11H,4,12-15H2,1-3H3,(H2,21,23,24);1H. The van der Waals surface area contributed by atoms with Crippen LogP contribution >= 0.6 is 24.0 Å². The summed E-state index contributed by atoms with van der Waals surface area (Å²) in [6.07, 6.45) is 1.72. The first-order valence-corrected chi connectivity index (χ1v) is 8.97. The number of guanidine groups is 1. The van der Waals surface area contributed by atoms with Crippen LogP contribution in [0, 0.1) is 0 Å². The summed E-state index contributed by atoms with van der Waals surface area (Å²) < 4.78 is 15.9. The van der Waals surface area contributed by atoms with E-state index in [1.54, 1.807) is 20.4 Å². The van der Waals surface area contributed by atoms with Crippen LogP contribution in [0.15, 0.2) is 47.6 Å². The highest BCUT2D eigenvalue weighted by Crippen LogP contribution is 2.14. The van der Waals surface area contributed by atoms with E-state index >= 15 is 0 Å². The normalized spacial score (nSPS) is 10.8. The molecular formula is C20H29IN4O3. The molecule has 28 heavy (non-hydrogen) atoms. The third-order valence-electron chi connectivity index (χ3n) is 3.75. The van der Waals surface area contributed by atoms with Crippen molar-refractivity contribution in [3.05, 3.63) is 53.7 Å². The summed E-state index contributed by atoms with van der Waals surface area (Å²) in [4.78, 5) is 8.93. The number of halogens is 1. The number of aromatic nitrogens is 1. The van der Waals surface area contributed by atoms with Gasteiger partial charge in [-0.05, 0) is 30.7 Å². The lowest BCUT2D eigenvalue weighted by Crippen LogP contribution is -2.36. The first-order chi connectivity index (χ1) is 13.3. The predicted molar refractivity (Wildman–Crippen MR) is 122 cm³/mol. The van der Waals surface area contributed by atoms with Gasteiger partial charge in [0, 0.05) is 32.0 Å². The van der Waals surface area contributed by atoms with Crippen molar-refractivity contribution in [2.24, 2.45) is 4.99 Å². The fourth-order valence-electron chi connectivity index (χ4n) is 2.33. The van der Waals surface area contributed by atoms with Crippen molar-refractivity contribution in [2.45, 2.75) is 20.0 Å². The molecule has 2 aromatic rings. The number of rotatable bonds is 10. The van der Waals surface area contributed by atoms with Gasteiger partial charge in [0.15, 0.2) is 5.96 Å². The Balaban J connectivity index is 0.00000392. The van der Waals surface area contributed by atoms with Crippen LogP contribution in [-0.2, 0) is 17.8 Å². The highest BCUT2D eigenvalue weighted by atomic mass is 127. The van der Waals surface area contributed by atoms with Crippen molar-refractivity contribution >= 4 is 29.9 Å². The van der Waals surface area contributed by atoms with E-state index in [1.807, 2.05) is 43.3 Å². The molecule has 0 aliphatic carbocycles. The van der Waals surface area contributed by atoms with E-state index in [0.29, 0.717) is 32.2 Å². The van der Waals surface area contributed by atoms with Crippen molar-refractivity contribution < 1.29 is 14.2 Å². The van der Waals surface area contributed by atoms with E-state index in [1.165, 1.54) is 0 Å². The summed E-state index contributed by atoms with van der Waals surface area (Å²) in [5.41, 5.74) is 2.07. The SMILES string of the molecule is CCNC(=NCc1ccc(OC)cc1)NCc1cccnc1OCCOC.I. The van der Waals surface area contributed by atoms with Gasteiger partial charge in [-0.15, -0.1) is 24.0 Å². The van der Waals surface area contributed by atoms with Crippen LogP contribution in [0.1, 0.15) is 18.1 Å². The molecule has 0 fully saturated rings. The Morgan fingerprint density at radius 1 is 1.07 bits per heavy atom. The van der Waals surface area contributed by atoms with Gasteiger partial charge in [0.1, 0.15) is 12.4 Å². The Morgan fingerprint density at radius 2 is 1.86 bits per heavy atom. The van der Waals surface area contributed by atoms with Gasteiger partial charge < -0.3 is 24.8 Å². The summed E-state index contributed by atoms with van der Waals surface area (Å²) in [5.74, 6) is 2.18. The van der Waals surface area contributed by atoms with Gasteiger partial charge in [0.2, 0.25) is 5.88 Å². The van der Waals surface area contributed by atoms with Crippen LogP contribution in [0.5, 0.6) is 11.6 Å². The minimum absolute atomic E-state index is 0. The molecule has 0 amide bonds. The zero-order chi connectivity index (χ0) is 19.3. The van der Waals surface area contributed by atoms with Crippen LogP contribution in [0.2, 0.25) is 0 Å². The third kappa shape index (κ3) is 8.30. The number of hydrogen-bond donors (Lipinski definition) is 2. The van der Waals surface area contributed by atoms with Gasteiger partial charge in [-0.25, -0.2) is 9.98 Å². The maximum absolute atomic E-state index is 5.67. The van der Waals surface area contributed by atoms with Crippen molar-refractivity contribution in [3.8, 4) is 11.6 Å². The van der Waals surface area contributed by atoms with Gasteiger partial charge in [-0.2, -0.15) is 0 Å². The van der Waals surface area contributed by atoms with Gasteiger partial charge in [-0.3, -0.25) is 0 Å². The number of pyridine rings is 1. The number of nitrogens with one attached hydrogen (secondary N) is 2. The molecule has 1 heterocycles. The highest BCUT2D eigenvalue weighted by molar-refractivity contribution is 14.0. The maximum Gasteiger partial charge on any atom is 0.218 e. The molecule has 0 aliphatic heterocycles. The first kappa shape index (κ1) is 24.0. The molecule has 0 saturated carbocycles. The zero-order valence-electron chi connectivity index (χ0n) is 16.6. The summed E-state index contributed by atoms with van der Waals surface area (Å²) in [5, 5.41) is 6.57. The third-order valence-corrected chi connectivity index (χ3v) is 3.75. The number of nitrogens with zero attached hydrogens (tertiary/aromatic N) is 2. The molecule has 1 aromatic carbocycles. The monoisotopic (exact) mass is 500 g/mol. The largest absolute Gasteiger partial charge is 0.497 e. The molecule has 0 unspecified atom stereocenters. The number of ether oxygens (including phenoxy) is 3. The molecule has 1 aromatic heterocycles. The number of methoxy groups -OCH3 is 2. The second-order valence-corrected chi connectivity index (χ2v) is 5.71. The Morgan fingerprint density at radius 3 is 2.54 bits per heavy atom. The molecule has 2 N–H and O–H groups in total. The van der Waals surface area contributed by atoms with E-state index in [2.05, 4.69) is 20.6 Å². The number of hydrogen-bond acceptors (Lipinski definition) is 5. The number of benzene rings is 1. The second-order valence-electron chi connectivity index (χ2n) is 5.71. The molecule has 0 bridgehead atoms. The van der Waals surface area contributed by atoms with E-state index in [-0.39, 0.29) is 24.0 Å². The Kier molecular flexibility index (Phi) is 12.0. The topological polar surface area (TPSA) is 77.0 Å². The minimum atomic E-state index is 0. The Hall–Kier alpha value is -2.07. The fourth-order valence-corrected chi connectivity index (χ4v) is 2.33. The fraction of sp³-hybridized carbons (Fsp3) is 0.400. The molecule has 2 rings (SSSR count). The van der Waals surface area contributed by atoms with E-state index in [9.17, 15) is 0 Å². The summed E-state index contributed by atoms with van der Waals surface area (Å²) >= 11 is 0. The predicted octanol–water partition coefficient (Wildman–Crippen LogP) is 2.99. The van der Waals surface area contributed by atoms with Gasteiger partial charge in [0.25, 0.3) is 0 Å². The molecule has 0 atom stereocenters.